The summed E-state index contributed by atoms with van der Waals surface area (Å²) >= 11 is 7.68. The number of hydrogen-bond donors (Lipinski definition) is 2. The predicted octanol–water partition coefficient (Wildman–Crippen LogP) is 2.64. The lowest BCUT2D eigenvalue weighted by Gasteiger charge is -2.08. The Morgan fingerprint density at radius 2 is 2.29 bits per heavy atom. The topological polar surface area (TPSA) is 53.6 Å². The van der Waals surface area contributed by atoms with Crippen molar-refractivity contribution in [3.05, 3.63) is 34.6 Å². The van der Waals surface area contributed by atoms with Gasteiger partial charge in [-0.05, 0) is 37.4 Å². The van der Waals surface area contributed by atoms with E-state index in [2.05, 4.69) is 20.5 Å². The third-order valence-corrected chi connectivity index (χ3v) is 3.66. The molecule has 0 saturated carbocycles. The molecule has 1 aromatic carbocycles. The Balaban J connectivity index is 2.30. The molecule has 2 rings (SSSR count). The highest BCUT2D eigenvalue weighted by Crippen LogP contribution is 2.34. The second-order valence-electron chi connectivity index (χ2n) is 3.56. The van der Waals surface area contributed by atoms with Crippen LogP contribution in [0, 0.1) is 6.92 Å². The van der Waals surface area contributed by atoms with Crippen molar-refractivity contribution in [2.24, 2.45) is 0 Å². The second-order valence-corrected chi connectivity index (χ2v) is 4.95. The maximum Gasteiger partial charge on any atom is 0.213 e. The summed E-state index contributed by atoms with van der Waals surface area (Å²) in [6.45, 7) is 2.64. The van der Waals surface area contributed by atoms with Crippen molar-refractivity contribution in [3.8, 4) is 0 Å². The number of aromatic amines is 1. The molecule has 1 aromatic heterocycles. The molecule has 1 heterocycles. The molecule has 0 aliphatic carbocycles. The third kappa shape index (κ3) is 3.00. The SMILES string of the molecule is CNCc1cccc(Cl)c1Sc1n[nH]c(C)n1. The van der Waals surface area contributed by atoms with Gasteiger partial charge in [0.05, 0.1) is 5.02 Å². The molecule has 2 aromatic rings. The lowest BCUT2D eigenvalue weighted by molar-refractivity contribution is 0.803. The zero-order chi connectivity index (χ0) is 12.3. The minimum Gasteiger partial charge on any atom is -0.316 e. The minimum absolute atomic E-state index is 0.688. The van der Waals surface area contributed by atoms with E-state index >= 15 is 0 Å². The van der Waals surface area contributed by atoms with E-state index in [0.29, 0.717) is 5.16 Å². The van der Waals surface area contributed by atoms with Crippen molar-refractivity contribution in [1.29, 1.82) is 0 Å². The molecule has 0 fully saturated rings. The van der Waals surface area contributed by atoms with Crippen molar-refractivity contribution < 1.29 is 0 Å². The molecule has 0 aliphatic heterocycles. The molecule has 2 N–H and O–H groups in total. The molecule has 6 heteroatoms. The summed E-state index contributed by atoms with van der Waals surface area (Å²) in [4.78, 5) is 5.27. The number of benzene rings is 1. The van der Waals surface area contributed by atoms with Crippen LogP contribution in [0.5, 0.6) is 0 Å². The molecule has 0 radical (unpaired) electrons. The summed E-state index contributed by atoms with van der Waals surface area (Å²) in [5.74, 6) is 0.801. The normalized spacial score (nSPS) is 10.8. The fraction of sp³-hybridized carbons (Fsp3) is 0.273. The molecule has 0 saturated heterocycles. The lowest BCUT2D eigenvalue weighted by atomic mass is 10.2. The number of aromatic nitrogens is 3. The van der Waals surface area contributed by atoms with Crippen molar-refractivity contribution >= 4 is 23.4 Å². The molecule has 4 nitrogen and oxygen atoms in total. The van der Waals surface area contributed by atoms with Gasteiger partial charge in [0.15, 0.2) is 0 Å². The van der Waals surface area contributed by atoms with Crippen LogP contribution in [0.2, 0.25) is 5.02 Å². The molecule has 0 atom stereocenters. The number of halogens is 1. The molecule has 0 bridgehead atoms. The van der Waals surface area contributed by atoms with Gasteiger partial charge >= 0.3 is 0 Å². The van der Waals surface area contributed by atoms with Crippen LogP contribution in [0.3, 0.4) is 0 Å². The highest BCUT2D eigenvalue weighted by Gasteiger charge is 2.11. The first-order chi connectivity index (χ1) is 8.20. The van der Waals surface area contributed by atoms with Gasteiger partial charge in [0.25, 0.3) is 0 Å². The maximum absolute atomic E-state index is 6.21. The first kappa shape index (κ1) is 12.4. The van der Waals surface area contributed by atoms with Crippen LogP contribution >= 0.6 is 23.4 Å². The number of nitrogens with one attached hydrogen (secondary N) is 2. The molecular weight excluding hydrogens is 256 g/mol. The molecule has 90 valence electrons. The lowest BCUT2D eigenvalue weighted by Crippen LogP contribution is -2.06. The van der Waals surface area contributed by atoms with Crippen molar-refractivity contribution in [2.45, 2.75) is 23.5 Å². The zero-order valence-corrected chi connectivity index (χ0v) is 11.2. The number of aryl methyl sites for hydroxylation is 1. The van der Waals surface area contributed by atoms with Crippen molar-refractivity contribution in [3.63, 3.8) is 0 Å². The summed E-state index contributed by atoms with van der Waals surface area (Å²) in [6, 6.07) is 5.87. The van der Waals surface area contributed by atoms with Crippen LogP contribution in [0.4, 0.5) is 0 Å². The average Bonchev–Trinajstić information content (AvgIpc) is 2.70. The van der Waals surface area contributed by atoms with E-state index < -0.39 is 0 Å². The highest BCUT2D eigenvalue weighted by atomic mass is 35.5. The predicted molar refractivity (Wildman–Crippen MR) is 69.5 cm³/mol. The molecule has 0 amide bonds. The maximum atomic E-state index is 6.21. The van der Waals surface area contributed by atoms with E-state index in [1.165, 1.54) is 11.8 Å². The van der Waals surface area contributed by atoms with Crippen LogP contribution in [0.25, 0.3) is 0 Å². The molecule has 17 heavy (non-hydrogen) atoms. The molecule has 0 spiro atoms. The molecule has 0 aliphatic rings. The Morgan fingerprint density at radius 3 is 2.94 bits per heavy atom. The van der Waals surface area contributed by atoms with Crippen LogP contribution in [-0.4, -0.2) is 22.2 Å². The van der Waals surface area contributed by atoms with Gasteiger partial charge in [0.1, 0.15) is 5.82 Å². The second kappa shape index (κ2) is 5.53. The summed E-state index contributed by atoms with van der Waals surface area (Å²) in [6.07, 6.45) is 0. The van der Waals surface area contributed by atoms with Gasteiger partial charge in [-0.25, -0.2) is 4.98 Å². The summed E-state index contributed by atoms with van der Waals surface area (Å²) in [7, 11) is 1.91. The Kier molecular flexibility index (Phi) is 4.04. The van der Waals surface area contributed by atoms with Gasteiger partial charge in [-0.3, -0.25) is 5.10 Å². The van der Waals surface area contributed by atoms with Gasteiger partial charge in [0.2, 0.25) is 5.16 Å². The monoisotopic (exact) mass is 268 g/mol. The zero-order valence-electron chi connectivity index (χ0n) is 9.62. The van der Waals surface area contributed by atoms with E-state index in [0.717, 1.165) is 27.9 Å². The van der Waals surface area contributed by atoms with E-state index in [4.69, 9.17) is 11.6 Å². The van der Waals surface area contributed by atoms with Gasteiger partial charge in [-0.2, -0.15) is 0 Å². The van der Waals surface area contributed by atoms with Crippen molar-refractivity contribution in [2.75, 3.05) is 7.05 Å². The van der Waals surface area contributed by atoms with Gasteiger partial charge < -0.3 is 5.32 Å². The van der Waals surface area contributed by atoms with Gasteiger partial charge in [0, 0.05) is 11.4 Å². The Labute approximate surface area is 109 Å². The van der Waals surface area contributed by atoms with E-state index in [9.17, 15) is 0 Å². The Morgan fingerprint density at radius 1 is 1.47 bits per heavy atom. The van der Waals surface area contributed by atoms with Crippen LogP contribution in [0.1, 0.15) is 11.4 Å². The summed E-state index contributed by atoms with van der Waals surface area (Å²) < 4.78 is 0. The van der Waals surface area contributed by atoms with Gasteiger partial charge in [-0.15, -0.1) is 5.10 Å². The largest absolute Gasteiger partial charge is 0.316 e. The summed E-state index contributed by atoms with van der Waals surface area (Å²) in [5, 5.41) is 11.5. The molecular formula is C11H13ClN4S. The van der Waals surface area contributed by atoms with Crippen LogP contribution in [-0.2, 0) is 6.54 Å². The van der Waals surface area contributed by atoms with E-state index in [1.54, 1.807) is 0 Å². The smallest absolute Gasteiger partial charge is 0.213 e. The van der Waals surface area contributed by atoms with Crippen LogP contribution < -0.4 is 5.32 Å². The standard InChI is InChI=1S/C11H13ClN4S/c1-7-14-11(16-15-7)17-10-8(6-13-2)4-3-5-9(10)12/h3-5,13H,6H2,1-2H3,(H,14,15,16). The molecule has 0 unspecified atom stereocenters. The third-order valence-electron chi connectivity index (χ3n) is 2.19. The van der Waals surface area contributed by atoms with Crippen molar-refractivity contribution in [1.82, 2.24) is 20.5 Å². The fourth-order valence-electron chi connectivity index (χ4n) is 1.46. The number of H-pyrrole nitrogens is 1. The van der Waals surface area contributed by atoms with Crippen LogP contribution in [0.15, 0.2) is 28.3 Å². The van der Waals surface area contributed by atoms with E-state index in [-0.39, 0.29) is 0 Å². The minimum atomic E-state index is 0.688. The summed E-state index contributed by atoms with van der Waals surface area (Å²) in [5.41, 5.74) is 1.15. The highest BCUT2D eigenvalue weighted by molar-refractivity contribution is 7.99. The number of rotatable bonds is 4. The number of nitrogens with zero attached hydrogens (tertiary/aromatic N) is 2. The first-order valence-electron chi connectivity index (χ1n) is 5.19. The number of hydrogen-bond acceptors (Lipinski definition) is 4. The Hall–Kier alpha value is -1.04. The Bertz CT molecular complexity index is 512. The average molecular weight is 269 g/mol. The van der Waals surface area contributed by atoms with E-state index in [1.807, 2.05) is 32.2 Å². The quantitative estimate of drug-likeness (QED) is 0.895. The fourth-order valence-corrected chi connectivity index (χ4v) is 2.66. The van der Waals surface area contributed by atoms with Gasteiger partial charge in [-0.1, -0.05) is 23.7 Å². The first-order valence-corrected chi connectivity index (χ1v) is 6.39.